The quantitative estimate of drug-likeness (QED) is 0.397. The molecule has 0 bridgehead atoms. The first-order valence-electron chi connectivity index (χ1n) is 7.02. The number of hydrazine groups is 1. The van der Waals surface area contributed by atoms with E-state index < -0.39 is 11.6 Å². The minimum absolute atomic E-state index is 0.0206. The van der Waals surface area contributed by atoms with E-state index in [1.165, 1.54) is 0 Å². The maximum absolute atomic E-state index is 12.2. The zero-order valence-electron chi connectivity index (χ0n) is 12.4. The highest BCUT2D eigenvalue weighted by Crippen LogP contribution is 2.26. The Balaban J connectivity index is 1.94. The van der Waals surface area contributed by atoms with Crippen molar-refractivity contribution in [2.45, 2.75) is 44.4 Å². The van der Waals surface area contributed by atoms with Crippen molar-refractivity contribution in [1.82, 2.24) is 15.2 Å². The second-order valence-corrected chi connectivity index (χ2v) is 6.06. The molecule has 3 N–H and O–H groups in total. The number of hydrogen-bond acceptors (Lipinski definition) is 5. The zero-order chi connectivity index (χ0) is 14.9. The first-order chi connectivity index (χ1) is 9.36. The monoisotopic (exact) mass is 284 g/mol. The van der Waals surface area contributed by atoms with Gasteiger partial charge in [0, 0.05) is 26.7 Å². The van der Waals surface area contributed by atoms with Gasteiger partial charge in [0.15, 0.2) is 0 Å². The Morgan fingerprint density at radius 1 is 1.45 bits per heavy atom. The molecule has 2 heterocycles. The van der Waals surface area contributed by atoms with Crippen molar-refractivity contribution in [3.05, 3.63) is 0 Å². The largest absolute Gasteiger partial charge is 0.364 e. The standard InChI is InChI=1S/C13H24N4O3/c1-13(2)12(19)16(3)6-7-17(13)8-9-4-5-10(20-9)11(18)15-14/h9-10H,4-8,14H2,1-3H3,(H,15,18). The molecule has 2 rings (SSSR count). The minimum atomic E-state index is -0.523. The van der Waals surface area contributed by atoms with Gasteiger partial charge in [-0.2, -0.15) is 0 Å². The van der Waals surface area contributed by atoms with Crippen molar-refractivity contribution in [3.8, 4) is 0 Å². The van der Waals surface area contributed by atoms with Crippen LogP contribution < -0.4 is 11.3 Å². The molecule has 114 valence electrons. The topological polar surface area (TPSA) is 87.9 Å². The van der Waals surface area contributed by atoms with Gasteiger partial charge in [-0.25, -0.2) is 5.84 Å². The normalized spacial score (nSPS) is 30.6. The third-order valence-corrected chi connectivity index (χ3v) is 4.33. The van der Waals surface area contributed by atoms with E-state index in [1.54, 1.807) is 4.90 Å². The van der Waals surface area contributed by atoms with Crippen molar-refractivity contribution >= 4 is 11.8 Å². The highest BCUT2D eigenvalue weighted by molar-refractivity contribution is 5.86. The summed E-state index contributed by atoms with van der Waals surface area (Å²) in [4.78, 5) is 27.6. The number of nitrogens with one attached hydrogen (secondary N) is 1. The third kappa shape index (κ3) is 2.79. The van der Waals surface area contributed by atoms with E-state index >= 15 is 0 Å². The van der Waals surface area contributed by atoms with Crippen LogP contribution in [0.3, 0.4) is 0 Å². The smallest absolute Gasteiger partial charge is 0.263 e. The number of carbonyl (C=O) groups is 2. The predicted octanol–water partition coefficient (Wildman–Crippen LogP) is -0.923. The number of carbonyl (C=O) groups excluding carboxylic acids is 2. The SMILES string of the molecule is CN1CCN(CC2CCC(C(=O)NN)O2)C(C)(C)C1=O. The van der Waals surface area contributed by atoms with Gasteiger partial charge < -0.3 is 9.64 Å². The van der Waals surface area contributed by atoms with Gasteiger partial charge in [0.25, 0.3) is 5.91 Å². The summed E-state index contributed by atoms with van der Waals surface area (Å²) in [6.07, 6.45) is 1.01. The summed E-state index contributed by atoms with van der Waals surface area (Å²) in [5.41, 5.74) is 1.60. The zero-order valence-corrected chi connectivity index (χ0v) is 12.4. The van der Waals surface area contributed by atoms with Crippen molar-refractivity contribution < 1.29 is 14.3 Å². The van der Waals surface area contributed by atoms with Gasteiger partial charge in [0.1, 0.15) is 6.10 Å². The summed E-state index contributed by atoms with van der Waals surface area (Å²) in [6, 6.07) is 0. The average molecular weight is 284 g/mol. The Morgan fingerprint density at radius 2 is 2.15 bits per heavy atom. The molecule has 2 aliphatic rings. The molecule has 7 nitrogen and oxygen atoms in total. The summed E-state index contributed by atoms with van der Waals surface area (Å²) in [6.45, 7) is 6.08. The van der Waals surface area contributed by atoms with Gasteiger partial charge in [-0.05, 0) is 26.7 Å². The Labute approximate surface area is 119 Å². The van der Waals surface area contributed by atoms with Crippen LogP contribution in [0.1, 0.15) is 26.7 Å². The molecular weight excluding hydrogens is 260 g/mol. The molecule has 2 fully saturated rings. The second kappa shape index (κ2) is 5.67. The van der Waals surface area contributed by atoms with Crippen LogP contribution in [0.5, 0.6) is 0 Å². The van der Waals surface area contributed by atoms with Crippen molar-refractivity contribution in [3.63, 3.8) is 0 Å². The molecule has 2 aliphatic heterocycles. The maximum atomic E-state index is 12.2. The van der Waals surface area contributed by atoms with Crippen LogP contribution in [0.15, 0.2) is 0 Å². The molecule has 0 aromatic heterocycles. The Hall–Kier alpha value is -1.18. The number of hydrogen-bond donors (Lipinski definition) is 2. The fourth-order valence-corrected chi connectivity index (χ4v) is 2.95. The lowest BCUT2D eigenvalue weighted by molar-refractivity contribution is -0.149. The number of rotatable bonds is 3. The van der Waals surface area contributed by atoms with Crippen LogP contribution in [-0.2, 0) is 14.3 Å². The van der Waals surface area contributed by atoms with Crippen LogP contribution in [-0.4, -0.2) is 66.0 Å². The van der Waals surface area contributed by atoms with E-state index in [-0.39, 0.29) is 17.9 Å². The molecule has 0 aliphatic carbocycles. The van der Waals surface area contributed by atoms with Crippen molar-refractivity contribution in [2.75, 3.05) is 26.7 Å². The second-order valence-electron chi connectivity index (χ2n) is 6.06. The summed E-state index contributed by atoms with van der Waals surface area (Å²) in [5.74, 6) is 4.96. The number of amides is 2. The van der Waals surface area contributed by atoms with E-state index in [0.29, 0.717) is 13.0 Å². The first kappa shape index (κ1) is 15.2. The molecule has 7 heteroatoms. The fraction of sp³-hybridized carbons (Fsp3) is 0.846. The highest BCUT2D eigenvalue weighted by atomic mass is 16.5. The van der Waals surface area contributed by atoms with E-state index in [0.717, 1.165) is 19.5 Å². The van der Waals surface area contributed by atoms with Gasteiger partial charge in [-0.15, -0.1) is 0 Å². The number of piperazine rings is 1. The van der Waals surface area contributed by atoms with E-state index in [1.807, 2.05) is 20.9 Å². The molecule has 20 heavy (non-hydrogen) atoms. The summed E-state index contributed by atoms with van der Waals surface area (Å²) < 4.78 is 5.71. The number of nitrogens with zero attached hydrogens (tertiary/aromatic N) is 2. The van der Waals surface area contributed by atoms with Gasteiger partial charge >= 0.3 is 0 Å². The highest BCUT2D eigenvalue weighted by Gasteiger charge is 2.42. The number of ether oxygens (including phenoxy) is 1. The van der Waals surface area contributed by atoms with Crippen molar-refractivity contribution in [1.29, 1.82) is 0 Å². The Bertz CT molecular complexity index is 399. The molecule has 0 spiro atoms. The van der Waals surface area contributed by atoms with Crippen LogP contribution in [0.25, 0.3) is 0 Å². The first-order valence-corrected chi connectivity index (χ1v) is 7.02. The van der Waals surface area contributed by atoms with Gasteiger partial charge in [0.05, 0.1) is 11.6 Å². The maximum Gasteiger partial charge on any atom is 0.263 e. The van der Waals surface area contributed by atoms with Crippen LogP contribution in [0.2, 0.25) is 0 Å². The minimum Gasteiger partial charge on any atom is -0.364 e. The number of likely N-dealkylation sites (N-methyl/N-ethyl adjacent to an activating group) is 1. The predicted molar refractivity (Wildman–Crippen MR) is 73.5 cm³/mol. The molecule has 2 saturated heterocycles. The molecule has 0 radical (unpaired) electrons. The molecule has 2 amide bonds. The van der Waals surface area contributed by atoms with Crippen LogP contribution in [0, 0.1) is 0 Å². The van der Waals surface area contributed by atoms with Gasteiger partial charge in [-0.3, -0.25) is 19.9 Å². The van der Waals surface area contributed by atoms with E-state index in [2.05, 4.69) is 10.3 Å². The average Bonchev–Trinajstić information content (AvgIpc) is 2.88. The van der Waals surface area contributed by atoms with E-state index in [4.69, 9.17) is 10.6 Å². The Kier molecular flexibility index (Phi) is 4.31. The lowest BCUT2D eigenvalue weighted by atomic mass is 9.97. The molecular formula is C13H24N4O3. The van der Waals surface area contributed by atoms with Crippen LogP contribution >= 0.6 is 0 Å². The van der Waals surface area contributed by atoms with Gasteiger partial charge in [-0.1, -0.05) is 0 Å². The van der Waals surface area contributed by atoms with Gasteiger partial charge in [0.2, 0.25) is 5.91 Å². The molecule has 0 aromatic carbocycles. The lowest BCUT2D eigenvalue weighted by Crippen LogP contribution is -2.63. The summed E-state index contributed by atoms with van der Waals surface area (Å²) in [5, 5.41) is 0. The fourth-order valence-electron chi connectivity index (χ4n) is 2.95. The third-order valence-electron chi connectivity index (χ3n) is 4.33. The molecule has 0 saturated carbocycles. The molecule has 2 atom stereocenters. The van der Waals surface area contributed by atoms with Crippen LogP contribution in [0.4, 0.5) is 0 Å². The Morgan fingerprint density at radius 3 is 2.80 bits per heavy atom. The molecule has 2 unspecified atom stereocenters. The number of nitrogens with two attached hydrogens (primary N) is 1. The summed E-state index contributed by atoms with van der Waals surface area (Å²) >= 11 is 0. The summed E-state index contributed by atoms with van der Waals surface area (Å²) in [7, 11) is 1.83. The van der Waals surface area contributed by atoms with E-state index in [9.17, 15) is 9.59 Å². The molecule has 0 aromatic rings. The lowest BCUT2D eigenvalue weighted by Gasteiger charge is -2.45. The van der Waals surface area contributed by atoms with Crippen molar-refractivity contribution in [2.24, 2.45) is 5.84 Å².